The van der Waals surface area contributed by atoms with Gasteiger partial charge in [0.25, 0.3) is 0 Å². The van der Waals surface area contributed by atoms with Crippen LogP contribution in [0.5, 0.6) is 0 Å². The van der Waals surface area contributed by atoms with Crippen molar-refractivity contribution < 1.29 is 17.8 Å². The second kappa shape index (κ2) is 9.30. The molecule has 0 saturated carbocycles. The van der Waals surface area contributed by atoms with Crippen LogP contribution in [0.2, 0.25) is 0 Å². The van der Waals surface area contributed by atoms with E-state index in [2.05, 4.69) is 11.6 Å². The third kappa shape index (κ3) is 4.39. The number of anilines is 1. The molecule has 0 radical (unpaired) electrons. The first kappa shape index (κ1) is 19.9. The first-order chi connectivity index (χ1) is 11.5. The maximum atomic E-state index is 11.4. The predicted molar refractivity (Wildman–Crippen MR) is 101 cm³/mol. The smallest absolute Gasteiger partial charge is 0.300 e. The van der Waals surface area contributed by atoms with Crippen LogP contribution in [0.3, 0.4) is 0 Å². The highest BCUT2D eigenvalue weighted by molar-refractivity contribution is 14.1. The van der Waals surface area contributed by atoms with Crippen LogP contribution < -0.4 is 3.28 Å². The Morgan fingerprint density at radius 1 is 1.58 bits per heavy atom. The Balaban J connectivity index is 2.30. The van der Waals surface area contributed by atoms with Crippen LogP contribution in [0.25, 0.3) is 0 Å². The maximum absolute atomic E-state index is 11.4. The monoisotopic (exact) mass is 566 g/mol. The Hall–Kier alpha value is -0.450. The normalized spacial score (nSPS) is 28.3. The fraction of sp³-hybridized carbons (Fsp3) is 0.750. The number of aliphatic hydroxyl groups excluding tert-OH is 1. The molecule has 0 unspecified atom stereocenters. The van der Waals surface area contributed by atoms with Gasteiger partial charge in [-0.25, -0.2) is 6.21 Å². The standard InChI is InChI=1S/C12H20I2N6O4/c1-7-12(21)8(17-13-18-15)4-5-10(24-7)11-9(6-16-19(11)2)20(14-22)23-3/h6-8,10,12,15,21H,4-5H2,1-3H3/t7-,8+,10-,12+/m0/s1. The number of nitrogens with one attached hydrogen (secondary N) is 1. The summed E-state index contributed by atoms with van der Waals surface area (Å²) >= 11 is -2.48. The number of hydrogen-bond acceptors (Lipinski definition) is 7. The zero-order chi connectivity index (χ0) is 17.7. The molecule has 10 nitrogen and oxygen atoms in total. The Morgan fingerprint density at radius 3 is 2.96 bits per heavy atom. The summed E-state index contributed by atoms with van der Waals surface area (Å²) in [7, 11) is 3.25. The van der Waals surface area contributed by atoms with Gasteiger partial charge in [-0.15, -0.1) is 3.33 Å². The molecule has 0 aromatic carbocycles. The molecule has 1 saturated heterocycles. The van der Waals surface area contributed by atoms with E-state index in [1.807, 2.05) is 0 Å². The highest BCUT2D eigenvalue weighted by atomic mass is 127. The minimum Gasteiger partial charge on any atom is -0.388 e. The van der Waals surface area contributed by atoms with Crippen molar-refractivity contribution in [2.24, 2.45) is 13.5 Å². The summed E-state index contributed by atoms with van der Waals surface area (Å²) < 4.78 is 28.1. The van der Waals surface area contributed by atoms with Crippen LogP contribution in [-0.2, 0) is 19.7 Å². The van der Waals surface area contributed by atoms with E-state index in [0.717, 1.165) is 5.69 Å². The number of ether oxygens (including phenoxy) is 1. The SMILES string of the molecule is CON(I=O)c1cnn(C)c1[C@@H]1CC[C@@H](N=IN=N)[C@H](O)[C@H](C)O1. The van der Waals surface area contributed by atoms with Gasteiger partial charge < -0.3 is 9.84 Å². The molecule has 2 N–H and O–H groups in total. The number of rotatable bonds is 6. The number of hydrogen-bond donors (Lipinski definition) is 2. The fourth-order valence-corrected chi connectivity index (χ4v) is 4.50. The molecule has 136 valence electrons. The lowest BCUT2D eigenvalue weighted by molar-refractivity contribution is -0.0612. The largest absolute Gasteiger partial charge is 0.388 e. The second-order valence-electron chi connectivity index (χ2n) is 5.26. The van der Waals surface area contributed by atoms with Crippen LogP contribution in [0.4, 0.5) is 5.69 Å². The topological polar surface area (TPSA) is 125 Å². The van der Waals surface area contributed by atoms with Crippen LogP contribution in [0.1, 0.15) is 31.6 Å². The van der Waals surface area contributed by atoms with Gasteiger partial charge in [-0.2, -0.15) is 13.9 Å². The van der Waals surface area contributed by atoms with E-state index in [1.165, 1.54) is 10.4 Å². The Kier molecular flexibility index (Phi) is 7.70. The third-order valence-electron chi connectivity index (χ3n) is 3.87. The Bertz CT molecular complexity index is 612. The summed E-state index contributed by atoms with van der Waals surface area (Å²) in [5, 5.41) is 14.6. The van der Waals surface area contributed by atoms with Crippen LogP contribution in [0, 0.1) is 5.53 Å². The summed E-state index contributed by atoms with van der Waals surface area (Å²) in [5.74, 6) is 0. The van der Waals surface area contributed by atoms with E-state index in [1.54, 1.807) is 24.9 Å². The van der Waals surface area contributed by atoms with Gasteiger partial charge in [0, 0.05) is 7.05 Å². The van der Waals surface area contributed by atoms with Gasteiger partial charge in [0.15, 0.2) is 21.3 Å². The number of nitrogens with zero attached hydrogens (tertiary/aromatic N) is 5. The van der Waals surface area contributed by atoms with Crippen molar-refractivity contribution in [3.05, 3.63) is 11.9 Å². The van der Waals surface area contributed by atoms with Crippen LogP contribution in [0.15, 0.2) is 12.7 Å². The summed E-state index contributed by atoms with van der Waals surface area (Å²) in [4.78, 5) is 5.15. The van der Waals surface area contributed by atoms with Crippen molar-refractivity contribution in [1.29, 1.82) is 5.53 Å². The molecule has 4 atom stereocenters. The summed E-state index contributed by atoms with van der Waals surface area (Å²) in [6.45, 7) is 1.80. The van der Waals surface area contributed by atoms with Gasteiger partial charge in [-0.1, -0.05) is 0 Å². The summed E-state index contributed by atoms with van der Waals surface area (Å²) in [6.07, 6.45) is 1.35. The molecule has 1 aliphatic rings. The lowest BCUT2D eigenvalue weighted by atomic mass is 10.0. The van der Waals surface area contributed by atoms with Crippen molar-refractivity contribution in [2.45, 2.75) is 44.1 Å². The van der Waals surface area contributed by atoms with Crippen molar-refractivity contribution in [3.63, 3.8) is 0 Å². The van der Waals surface area contributed by atoms with Gasteiger partial charge in [0.1, 0.15) is 17.9 Å². The Morgan fingerprint density at radius 2 is 2.33 bits per heavy atom. The van der Waals surface area contributed by atoms with E-state index in [4.69, 9.17) is 15.1 Å². The highest BCUT2D eigenvalue weighted by Gasteiger charge is 2.35. The zero-order valence-electron chi connectivity index (χ0n) is 13.5. The molecule has 12 heteroatoms. The van der Waals surface area contributed by atoms with E-state index < -0.39 is 55.0 Å². The molecule has 1 aromatic heterocycles. The van der Waals surface area contributed by atoms with E-state index >= 15 is 0 Å². The molecule has 24 heavy (non-hydrogen) atoms. The molecular weight excluding hydrogens is 546 g/mol. The molecule has 1 fully saturated rings. The van der Waals surface area contributed by atoms with Crippen molar-refractivity contribution >= 4 is 48.5 Å². The average Bonchev–Trinajstić information content (AvgIpc) is 2.89. The molecule has 0 amide bonds. The Labute approximate surface area is 160 Å². The fourth-order valence-electron chi connectivity index (χ4n) is 2.71. The van der Waals surface area contributed by atoms with Gasteiger partial charge in [-0.3, -0.25) is 9.52 Å². The van der Waals surface area contributed by atoms with Crippen LogP contribution in [-0.4, -0.2) is 40.2 Å². The quantitative estimate of drug-likeness (QED) is 0.236. The minimum atomic E-state index is -1.55. The molecule has 2 rings (SSSR count). The number of aromatic nitrogens is 2. The van der Waals surface area contributed by atoms with Gasteiger partial charge in [0.05, 0.1) is 31.1 Å². The lowest BCUT2D eigenvalue weighted by Crippen LogP contribution is -2.34. The highest BCUT2D eigenvalue weighted by Crippen LogP contribution is 2.38. The molecule has 1 aromatic rings. The van der Waals surface area contributed by atoms with Crippen molar-refractivity contribution in [2.75, 3.05) is 10.4 Å². The minimum absolute atomic E-state index is 0.283. The van der Waals surface area contributed by atoms with Gasteiger partial charge in [-0.05, 0) is 19.8 Å². The van der Waals surface area contributed by atoms with Crippen molar-refractivity contribution in [3.8, 4) is 0 Å². The second-order valence-corrected chi connectivity index (χ2v) is 8.00. The van der Waals surface area contributed by atoms with Crippen molar-refractivity contribution in [1.82, 2.24) is 9.78 Å². The summed E-state index contributed by atoms with van der Waals surface area (Å²) in [6, 6.07) is -0.283. The molecule has 2 heterocycles. The first-order valence-corrected chi connectivity index (χ1v) is 11.0. The number of aliphatic hydroxyl groups is 1. The molecule has 1 aliphatic heterocycles. The number of aryl methyl sites for hydroxylation is 1. The zero-order valence-corrected chi connectivity index (χ0v) is 17.8. The van der Waals surface area contributed by atoms with E-state index in [-0.39, 0.29) is 12.1 Å². The van der Waals surface area contributed by atoms with Gasteiger partial charge >= 0.3 is 21.5 Å². The molecular formula is C12H20I2N6O4. The first-order valence-electron chi connectivity index (χ1n) is 7.20. The molecule has 0 bridgehead atoms. The average molecular weight is 566 g/mol. The molecule has 0 spiro atoms. The van der Waals surface area contributed by atoms with Crippen LogP contribution >= 0.6 is 42.8 Å². The van der Waals surface area contributed by atoms with E-state index in [9.17, 15) is 8.18 Å². The lowest BCUT2D eigenvalue weighted by Gasteiger charge is -2.24. The molecule has 0 aliphatic carbocycles. The summed E-state index contributed by atoms with van der Waals surface area (Å²) in [5.41, 5.74) is 8.27. The predicted octanol–water partition coefficient (Wildman–Crippen LogP) is 3.09. The van der Waals surface area contributed by atoms with Gasteiger partial charge in [0.2, 0.25) is 0 Å². The number of halogens is 2. The maximum Gasteiger partial charge on any atom is 0.300 e. The van der Waals surface area contributed by atoms with E-state index in [0.29, 0.717) is 18.5 Å². The third-order valence-corrected chi connectivity index (χ3v) is 6.32.